The van der Waals surface area contributed by atoms with Gasteiger partial charge in [0.05, 0.1) is 5.56 Å². The minimum Gasteiger partial charge on any atom is -0.399 e. The van der Waals surface area contributed by atoms with Crippen molar-refractivity contribution in [2.75, 3.05) is 11.5 Å². The second-order valence-corrected chi connectivity index (χ2v) is 5.07. The zero-order valence-corrected chi connectivity index (χ0v) is 11.8. The van der Waals surface area contributed by atoms with Gasteiger partial charge < -0.3 is 16.8 Å². The molecule has 0 aliphatic heterocycles. The topological polar surface area (TPSA) is 81.1 Å². The van der Waals surface area contributed by atoms with E-state index in [0.717, 1.165) is 10.0 Å². The van der Waals surface area contributed by atoms with Crippen LogP contribution in [-0.4, -0.2) is 5.91 Å². The van der Waals surface area contributed by atoms with Crippen molar-refractivity contribution in [2.24, 2.45) is 0 Å². The minimum absolute atomic E-state index is 0.208. The molecule has 0 atom stereocenters. The zero-order valence-electron chi connectivity index (χ0n) is 10.2. The van der Waals surface area contributed by atoms with Crippen molar-refractivity contribution in [1.29, 1.82) is 0 Å². The van der Waals surface area contributed by atoms with Crippen LogP contribution in [0.25, 0.3) is 0 Å². The summed E-state index contributed by atoms with van der Waals surface area (Å²) in [7, 11) is 0. The third kappa shape index (κ3) is 3.48. The second kappa shape index (κ2) is 5.75. The van der Waals surface area contributed by atoms with E-state index in [1.807, 2.05) is 24.3 Å². The fraction of sp³-hybridized carbons (Fsp3) is 0.0714. The van der Waals surface area contributed by atoms with Crippen LogP contribution >= 0.6 is 15.9 Å². The van der Waals surface area contributed by atoms with Crippen molar-refractivity contribution < 1.29 is 4.79 Å². The van der Waals surface area contributed by atoms with Gasteiger partial charge in [-0.25, -0.2) is 0 Å². The third-order valence-electron chi connectivity index (χ3n) is 2.69. The lowest BCUT2D eigenvalue weighted by molar-refractivity contribution is 0.0952. The first-order valence-electron chi connectivity index (χ1n) is 5.74. The van der Waals surface area contributed by atoms with Gasteiger partial charge in [0, 0.05) is 22.4 Å². The van der Waals surface area contributed by atoms with Gasteiger partial charge >= 0.3 is 0 Å². The maximum atomic E-state index is 12.0. The Morgan fingerprint density at radius 3 is 2.42 bits per heavy atom. The molecule has 2 aromatic carbocycles. The molecule has 0 aliphatic carbocycles. The molecule has 2 aromatic rings. The molecule has 0 saturated carbocycles. The van der Waals surface area contributed by atoms with E-state index in [-0.39, 0.29) is 5.91 Å². The summed E-state index contributed by atoms with van der Waals surface area (Å²) in [5.41, 5.74) is 13.7. The fourth-order valence-electron chi connectivity index (χ4n) is 1.67. The minimum atomic E-state index is -0.208. The molecule has 0 spiro atoms. The largest absolute Gasteiger partial charge is 0.399 e. The SMILES string of the molecule is Nc1ccc(C(=O)NCc2ccc(Br)cc2)c(N)c1. The molecule has 0 aliphatic rings. The van der Waals surface area contributed by atoms with Gasteiger partial charge in [-0.05, 0) is 35.9 Å². The quantitative estimate of drug-likeness (QED) is 0.760. The molecule has 2 rings (SSSR count). The van der Waals surface area contributed by atoms with Crippen LogP contribution in [-0.2, 0) is 6.54 Å². The van der Waals surface area contributed by atoms with Gasteiger partial charge in [-0.1, -0.05) is 28.1 Å². The van der Waals surface area contributed by atoms with Gasteiger partial charge in [-0.15, -0.1) is 0 Å². The van der Waals surface area contributed by atoms with E-state index in [1.54, 1.807) is 18.2 Å². The Morgan fingerprint density at radius 1 is 1.11 bits per heavy atom. The Kier molecular flexibility index (Phi) is 4.06. The van der Waals surface area contributed by atoms with Crippen LogP contribution in [0, 0.1) is 0 Å². The molecular weight excluding hydrogens is 306 g/mol. The highest BCUT2D eigenvalue weighted by Gasteiger charge is 2.09. The number of rotatable bonds is 3. The number of benzene rings is 2. The normalized spacial score (nSPS) is 10.2. The van der Waals surface area contributed by atoms with Crippen LogP contribution in [0.2, 0.25) is 0 Å². The molecule has 0 unspecified atom stereocenters. The molecule has 98 valence electrons. The van der Waals surface area contributed by atoms with Crippen molar-refractivity contribution in [3.8, 4) is 0 Å². The summed E-state index contributed by atoms with van der Waals surface area (Å²) in [6.45, 7) is 0.454. The zero-order chi connectivity index (χ0) is 13.8. The molecule has 0 fully saturated rings. The molecule has 0 aromatic heterocycles. The molecule has 0 bridgehead atoms. The van der Waals surface area contributed by atoms with Crippen molar-refractivity contribution in [3.05, 3.63) is 58.1 Å². The maximum Gasteiger partial charge on any atom is 0.253 e. The van der Waals surface area contributed by atoms with Gasteiger partial charge in [0.25, 0.3) is 5.91 Å². The van der Waals surface area contributed by atoms with Gasteiger partial charge in [0.1, 0.15) is 0 Å². The molecule has 4 nitrogen and oxygen atoms in total. The van der Waals surface area contributed by atoms with Gasteiger partial charge in [0.2, 0.25) is 0 Å². The molecule has 0 radical (unpaired) electrons. The van der Waals surface area contributed by atoms with Crippen molar-refractivity contribution >= 4 is 33.2 Å². The molecule has 5 heteroatoms. The summed E-state index contributed by atoms with van der Waals surface area (Å²) in [6, 6.07) is 12.6. The molecular formula is C14H14BrN3O. The second-order valence-electron chi connectivity index (χ2n) is 4.16. The highest BCUT2D eigenvalue weighted by molar-refractivity contribution is 9.10. The number of halogens is 1. The van der Waals surface area contributed by atoms with Crippen LogP contribution in [0.15, 0.2) is 46.9 Å². The Labute approximate surface area is 119 Å². The summed E-state index contributed by atoms with van der Waals surface area (Å²) in [5, 5.41) is 2.82. The van der Waals surface area contributed by atoms with Crippen LogP contribution in [0.1, 0.15) is 15.9 Å². The molecule has 19 heavy (non-hydrogen) atoms. The molecule has 1 amide bonds. The maximum absolute atomic E-state index is 12.0. The van der Waals surface area contributed by atoms with Crippen LogP contribution in [0.4, 0.5) is 11.4 Å². The van der Waals surface area contributed by atoms with Crippen LogP contribution in [0.3, 0.4) is 0 Å². The van der Waals surface area contributed by atoms with Gasteiger partial charge in [-0.2, -0.15) is 0 Å². The van der Waals surface area contributed by atoms with Crippen LogP contribution in [0.5, 0.6) is 0 Å². The first-order valence-corrected chi connectivity index (χ1v) is 6.53. The monoisotopic (exact) mass is 319 g/mol. The Balaban J connectivity index is 2.03. The smallest absolute Gasteiger partial charge is 0.253 e. The standard InChI is InChI=1S/C14H14BrN3O/c15-10-3-1-9(2-4-10)8-18-14(19)12-6-5-11(16)7-13(12)17/h1-7H,8,16-17H2,(H,18,19). The van der Waals surface area contributed by atoms with Gasteiger partial charge in [-0.3, -0.25) is 4.79 Å². The van der Waals surface area contributed by atoms with Crippen molar-refractivity contribution in [1.82, 2.24) is 5.32 Å². The summed E-state index contributed by atoms with van der Waals surface area (Å²) >= 11 is 3.36. The summed E-state index contributed by atoms with van der Waals surface area (Å²) in [4.78, 5) is 12.0. The number of carbonyl (C=O) groups excluding carboxylic acids is 1. The number of nitrogen functional groups attached to an aromatic ring is 2. The number of nitrogens with one attached hydrogen (secondary N) is 1. The first kappa shape index (κ1) is 13.4. The molecule has 0 saturated heterocycles. The first-order chi connectivity index (χ1) is 9.06. The molecule has 0 heterocycles. The predicted octanol–water partition coefficient (Wildman–Crippen LogP) is 2.54. The lowest BCUT2D eigenvalue weighted by Crippen LogP contribution is -2.23. The number of hydrogen-bond acceptors (Lipinski definition) is 3. The fourth-order valence-corrected chi connectivity index (χ4v) is 1.93. The number of amides is 1. The van der Waals surface area contributed by atoms with Crippen LogP contribution < -0.4 is 16.8 Å². The highest BCUT2D eigenvalue weighted by atomic mass is 79.9. The summed E-state index contributed by atoms with van der Waals surface area (Å²) < 4.78 is 1.00. The third-order valence-corrected chi connectivity index (χ3v) is 3.22. The average Bonchev–Trinajstić information content (AvgIpc) is 2.37. The highest BCUT2D eigenvalue weighted by Crippen LogP contribution is 2.16. The lowest BCUT2D eigenvalue weighted by atomic mass is 10.1. The average molecular weight is 320 g/mol. The van der Waals surface area contributed by atoms with E-state index >= 15 is 0 Å². The predicted molar refractivity (Wildman–Crippen MR) is 80.6 cm³/mol. The number of hydrogen-bond donors (Lipinski definition) is 3. The van der Waals surface area contributed by atoms with E-state index in [0.29, 0.717) is 23.5 Å². The number of anilines is 2. The Hall–Kier alpha value is -2.01. The number of nitrogens with two attached hydrogens (primary N) is 2. The molecule has 5 N–H and O–H groups in total. The van der Waals surface area contributed by atoms with E-state index < -0.39 is 0 Å². The number of carbonyl (C=O) groups is 1. The lowest BCUT2D eigenvalue weighted by Gasteiger charge is -2.08. The Morgan fingerprint density at radius 2 is 1.79 bits per heavy atom. The summed E-state index contributed by atoms with van der Waals surface area (Å²) in [6.07, 6.45) is 0. The van der Waals surface area contributed by atoms with Gasteiger partial charge in [0.15, 0.2) is 0 Å². The van der Waals surface area contributed by atoms with E-state index in [2.05, 4.69) is 21.2 Å². The van der Waals surface area contributed by atoms with E-state index in [1.165, 1.54) is 0 Å². The van der Waals surface area contributed by atoms with E-state index in [9.17, 15) is 4.79 Å². The summed E-state index contributed by atoms with van der Waals surface area (Å²) in [5.74, 6) is -0.208. The Bertz CT molecular complexity index is 596. The van der Waals surface area contributed by atoms with E-state index in [4.69, 9.17) is 11.5 Å². The van der Waals surface area contributed by atoms with Crippen molar-refractivity contribution in [2.45, 2.75) is 6.54 Å². The van der Waals surface area contributed by atoms with Crippen molar-refractivity contribution in [3.63, 3.8) is 0 Å².